The van der Waals surface area contributed by atoms with Gasteiger partial charge < -0.3 is 34.6 Å². The number of carbonyl (C=O) groups is 3. The Hall–Kier alpha value is -4.59. The van der Waals surface area contributed by atoms with Gasteiger partial charge in [0.25, 0.3) is 0 Å². The van der Waals surface area contributed by atoms with Crippen molar-refractivity contribution in [2.24, 2.45) is 5.41 Å². The number of amides is 2. The molecule has 3 N–H and O–H groups in total. The normalized spacial score (nSPS) is 25.8. The van der Waals surface area contributed by atoms with E-state index in [1.165, 1.54) is 4.90 Å². The van der Waals surface area contributed by atoms with Crippen molar-refractivity contribution in [2.45, 2.75) is 133 Å². The number of phenolic OH excluding ortho intramolecular Hbond substituents is 1. The Morgan fingerprint density at radius 1 is 0.933 bits per heavy atom. The Bertz CT molecular complexity index is 1960. The van der Waals surface area contributed by atoms with Crippen LogP contribution in [0.2, 0.25) is 0 Å². The first-order valence-corrected chi connectivity index (χ1v) is 21.8. The summed E-state index contributed by atoms with van der Waals surface area (Å²) in [6, 6.07) is 22.5. The van der Waals surface area contributed by atoms with Gasteiger partial charge in [-0.1, -0.05) is 124 Å². The molecule has 1 saturated carbocycles. The van der Waals surface area contributed by atoms with E-state index in [0.29, 0.717) is 19.3 Å². The number of para-hydroxylation sites is 1. The lowest BCUT2D eigenvalue weighted by Gasteiger charge is -2.50. The number of likely N-dealkylation sites (N-methyl/N-ethyl adjacent to an activating group) is 1. The van der Waals surface area contributed by atoms with Gasteiger partial charge in [0.1, 0.15) is 41.6 Å². The van der Waals surface area contributed by atoms with Crippen LogP contribution in [0.5, 0.6) is 5.75 Å². The smallest absolute Gasteiger partial charge is 0.327 e. The second kappa shape index (κ2) is 19.4. The number of esters is 1. The molecule has 0 unspecified atom stereocenters. The zero-order valence-corrected chi connectivity index (χ0v) is 35.2. The first kappa shape index (κ1) is 43.5. The lowest BCUT2D eigenvalue weighted by molar-refractivity contribution is -0.225. The summed E-state index contributed by atoms with van der Waals surface area (Å²) >= 11 is 0. The van der Waals surface area contributed by atoms with Crippen LogP contribution in [-0.2, 0) is 52.8 Å². The van der Waals surface area contributed by atoms with Crippen LogP contribution in [0.15, 0.2) is 84.9 Å². The number of hydroxylamine groups is 2. The Morgan fingerprint density at radius 2 is 1.63 bits per heavy atom. The van der Waals surface area contributed by atoms with Crippen molar-refractivity contribution in [2.75, 3.05) is 20.2 Å². The molecule has 3 heterocycles. The fourth-order valence-electron chi connectivity index (χ4n) is 9.67. The highest BCUT2D eigenvalue weighted by Gasteiger charge is 2.76. The molecule has 3 aliphatic heterocycles. The molecule has 322 valence electrons. The van der Waals surface area contributed by atoms with Crippen molar-refractivity contribution in [3.05, 3.63) is 107 Å². The summed E-state index contributed by atoms with van der Waals surface area (Å²) in [5.41, 5.74) is 1.98. The monoisotopic (exact) mass is 823 g/mol. The van der Waals surface area contributed by atoms with Crippen LogP contribution in [0, 0.1) is 5.41 Å². The van der Waals surface area contributed by atoms with Crippen LogP contribution >= 0.6 is 0 Å². The molecule has 4 aliphatic rings. The van der Waals surface area contributed by atoms with Crippen LogP contribution in [0.3, 0.4) is 0 Å². The third kappa shape index (κ3) is 9.04. The van der Waals surface area contributed by atoms with Gasteiger partial charge >= 0.3 is 5.97 Å². The molecule has 7 atom stereocenters. The van der Waals surface area contributed by atoms with Gasteiger partial charge in [0.2, 0.25) is 11.8 Å². The quantitative estimate of drug-likeness (QED) is 0.0881. The molecular weight excluding hydrogens is 763 g/mol. The van der Waals surface area contributed by atoms with Crippen LogP contribution in [0.1, 0.15) is 93.9 Å². The van der Waals surface area contributed by atoms with Gasteiger partial charge in [0.05, 0.1) is 13.2 Å². The van der Waals surface area contributed by atoms with Crippen LogP contribution in [0.4, 0.5) is 0 Å². The molecule has 0 spiro atoms. The number of nitrogens with zero attached hydrogens (tertiary/aromatic N) is 2. The van der Waals surface area contributed by atoms with E-state index in [9.17, 15) is 19.8 Å². The summed E-state index contributed by atoms with van der Waals surface area (Å²) < 4.78 is 20.3. The first-order valence-electron chi connectivity index (χ1n) is 21.8. The van der Waals surface area contributed by atoms with E-state index in [2.05, 4.69) is 19.2 Å². The van der Waals surface area contributed by atoms with E-state index in [1.807, 2.05) is 78.9 Å². The van der Waals surface area contributed by atoms with E-state index in [4.69, 9.17) is 19.0 Å². The number of hydrogen-bond donors (Lipinski definition) is 3. The average molecular weight is 824 g/mol. The maximum absolute atomic E-state index is 15.6. The maximum atomic E-state index is 15.6. The largest absolute Gasteiger partial charge is 0.508 e. The lowest BCUT2D eigenvalue weighted by Crippen LogP contribution is -2.70. The van der Waals surface area contributed by atoms with E-state index in [0.717, 1.165) is 60.8 Å². The molecule has 1 aliphatic carbocycles. The van der Waals surface area contributed by atoms with Gasteiger partial charge in [0.15, 0.2) is 11.8 Å². The topological polar surface area (TPSA) is 147 Å². The molecule has 60 heavy (non-hydrogen) atoms. The zero-order valence-electron chi connectivity index (χ0n) is 35.2. The fourth-order valence-corrected chi connectivity index (χ4v) is 9.67. The van der Waals surface area contributed by atoms with Gasteiger partial charge in [0, 0.05) is 39.3 Å². The number of aliphatic hydroxyl groups is 1. The predicted octanol–water partition coefficient (Wildman–Crippen LogP) is 6.27. The third-order valence-electron chi connectivity index (χ3n) is 12.7. The number of carbonyl (C=O) groups excluding carboxylic acids is 3. The molecule has 3 aromatic rings. The van der Waals surface area contributed by atoms with E-state index < -0.39 is 65.5 Å². The molecule has 2 amide bonds. The summed E-state index contributed by atoms with van der Waals surface area (Å²) in [6.45, 7) is 4.27. The summed E-state index contributed by atoms with van der Waals surface area (Å²) in [6.07, 6.45) is 9.12. The lowest BCUT2D eigenvalue weighted by atomic mass is 9.62. The number of aliphatic hydroxyl groups excluding tert-OH is 1. The van der Waals surface area contributed by atoms with Crippen molar-refractivity contribution in [1.29, 1.82) is 0 Å². The second-order valence-corrected chi connectivity index (χ2v) is 16.8. The third-order valence-corrected chi connectivity index (χ3v) is 12.7. The molecule has 12 nitrogen and oxygen atoms in total. The van der Waals surface area contributed by atoms with Gasteiger partial charge in [-0.25, -0.2) is 0 Å². The van der Waals surface area contributed by atoms with Gasteiger partial charge in [-0.15, -0.1) is 0 Å². The van der Waals surface area contributed by atoms with Crippen molar-refractivity contribution in [1.82, 2.24) is 15.3 Å². The van der Waals surface area contributed by atoms with Crippen LogP contribution < -0.4 is 5.32 Å². The summed E-state index contributed by atoms with van der Waals surface area (Å²) in [4.78, 5) is 52.4. The maximum Gasteiger partial charge on any atom is 0.327 e. The molecule has 0 radical (unpaired) electrons. The Balaban J connectivity index is 1.24. The molecule has 2 bridgehead atoms. The molecule has 12 heteroatoms. The minimum Gasteiger partial charge on any atom is -0.508 e. The molecule has 3 saturated heterocycles. The number of rotatable bonds is 20. The molecule has 3 aromatic carbocycles. The van der Waals surface area contributed by atoms with Crippen LogP contribution in [-0.4, -0.2) is 100 Å². The number of aromatic hydroxyl groups is 1. The minimum atomic E-state index is -1.47. The fraction of sp³-hybridized carbons (Fsp3) is 0.521. The number of allylic oxidation sites excluding steroid dienone is 1. The van der Waals surface area contributed by atoms with Crippen LogP contribution in [0.25, 0.3) is 6.08 Å². The van der Waals surface area contributed by atoms with Crippen molar-refractivity contribution >= 4 is 23.9 Å². The first-order chi connectivity index (χ1) is 29.1. The van der Waals surface area contributed by atoms with E-state index >= 15 is 4.79 Å². The second-order valence-electron chi connectivity index (χ2n) is 16.8. The molecule has 4 fully saturated rings. The summed E-state index contributed by atoms with van der Waals surface area (Å²) in [5.74, 6) is -2.06. The van der Waals surface area contributed by atoms with Gasteiger partial charge in [-0.3, -0.25) is 19.2 Å². The molecule has 0 aromatic heterocycles. The SMILES string of the molecule is CCCCCC1(CCCCC)O[C@@H]2[C@H](O1)[C@H]1ON(Cc3cccc(C=CCc4ccccc4O)c3)[C@H]3C(=O)O[C@@H]2C[C@@]13C(=O)N(C)[C@H](Cc1ccccc1)C(=O)NCCO. The van der Waals surface area contributed by atoms with Gasteiger partial charge in [-0.05, 0) is 47.6 Å². The number of fused-ring (bicyclic) bond motifs is 4. The summed E-state index contributed by atoms with van der Waals surface area (Å²) in [7, 11) is 1.62. The summed E-state index contributed by atoms with van der Waals surface area (Å²) in [5, 5.41) is 24.2. The minimum absolute atomic E-state index is 0.0316. The Labute approximate surface area is 353 Å². The number of benzene rings is 3. The highest BCUT2D eigenvalue weighted by atomic mass is 16.8. The van der Waals surface area contributed by atoms with Crippen molar-refractivity contribution in [3.63, 3.8) is 0 Å². The van der Waals surface area contributed by atoms with Crippen molar-refractivity contribution < 1.29 is 43.6 Å². The van der Waals surface area contributed by atoms with Crippen molar-refractivity contribution in [3.8, 4) is 5.75 Å². The Morgan fingerprint density at radius 3 is 2.35 bits per heavy atom. The predicted molar refractivity (Wildman–Crippen MR) is 226 cm³/mol. The molecule has 7 rings (SSSR count). The highest BCUT2D eigenvalue weighted by molar-refractivity contribution is 5.96. The number of ether oxygens (including phenoxy) is 3. The standard InChI is InChI=1S/C48H61N3O9/c1-4-6-13-25-47(26-14-7-5-2)58-40-39-31-48(46(56)50(3)37(44(54)49-27-28-52)30-34-17-9-8-10-18-34)42(45(55)57-39)51(60-43(48)41(40)59-47)32-35-21-15-19-33(29-35)20-16-23-36-22-11-12-24-38(36)53/h8-12,15-22,24,29,37,39-43,52-53H,4-7,13-14,23,25-28,30-32H2,1-3H3,(H,49,54)/t37-,39-,40+,41+,42+,43-,48+/m1/s1. The molecular formula is C48H61N3O9. The van der Waals surface area contributed by atoms with E-state index in [-0.39, 0.29) is 38.3 Å². The Kier molecular flexibility index (Phi) is 14.1. The van der Waals surface area contributed by atoms with Gasteiger partial charge in [-0.2, -0.15) is 5.06 Å². The van der Waals surface area contributed by atoms with E-state index in [1.54, 1.807) is 24.2 Å². The highest BCUT2D eigenvalue weighted by Crippen LogP contribution is 2.58. The number of unbranched alkanes of at least 4 members (excludes halogenated alkanes) is 4. The number of nitrogens with one attached hydrogen (secondary N) is 1. The zero-order chi connectivity index (χ0) is 42.3. The average Bonchev–Trinajstić information content (AvgIpc) is 3.81. The number of phenols is 1. The number of hydrogen-bond acceptors (Lipinski definition) is 10.